The molecule has 1 aromatic rings. The van der Waals surface area contributed by atoms with Gasteiger partial charge in [0.05, 0.1) is 25.5 Å². The Hall–Kier alpha value is -1.22. The zero-order valence-electron chi connectivity index (χ0n) is 7.16. The molecule has 68 valence electrons. The average molecular weight is 179 g/mol. The predicted molar refractivity (Wildman–Crippen MR) is 48.6 cm³/mol. The van der Waals surface area contributed by atoms with Gasteiger partial charge in [-0.1, -0.05) is 12.1 Å². The van der Waals surface area contributed by atoms with E-state index in [-0.39, 0.29) is 5.82 Å². The third-order valence-electron chi connectivity index (χ3n) is 1.95. The molecular weight excluding hydrogens is 169 g/mol. The number of benzene rings is 1. The Kier molecular flexibility index (Phi) is 2.36. The van der Waals surface area contributed by atoms with Crippen molar-refractivity contribution in [3.05, 3.63) is 35.6 Å². The van der Waals surface area contributed by atoms with E-state index in [1.165, 1.54) is 12.1 Å². The summed E-state index contributed by atoms with van der Waals surface area (Å²) >= 11 is 0. The molecule has 0 fully saturated rings. The summed E-state index contributed by atoms with van der Waals surface area (Å²) in [6, 6.07) is 6.32. The van der Waals surface area contributed by atoms with Crippen molar-refractivity contribution in [3.8, 4) is 0 Å². The summed E-state index contributed by atoms with van der Waals surface area (Å²) in [5.41, 5.74) is 1.85. The molecule has 0 saturated carbocycles. The lowest BCUT2D eigenvalue weighted by molar-refractivity contribution is 0.171. The SMILES string of the molecule is Fc1ccc(C2=NCCOC2)cc1. The van der Waals surface area contributed by atoms with Crippen LogP contribution in [-0.2, 0) is 4.74 Å². The van der Waals surface area contributed by atoms with E-state index in [4.69, 9.17) is 4.74 Å². The number of hydrogen-bond acceptors (Lipinski definition) is 2. The van der Waals surface area contributed by atoms with Crippen LogP contribution < -0.4 is 0 Å². The van der Waals surface area contributed by atoms with E-state index in [0.29, 0.717) is 19.8 Å². The zero-order chi connectivity index (χ0) is 9.10. The highest BCUT2D eigenvalue weighted by atomic mass is 19.1. The topological polar surface area (TPSA) is 21.6 Å². The molecule has 3 heteroatoms. The van der Waals surface area contributed by atoms with Gasteiger partial charge in [0.15, 0.2) is 0 Å². The van der Waals surface area contributed by atoms with Gasteiger partial charge in [0.1, 0.15) is 5.82 Å². The molecule has 13 heavy (non-hydrogen) atoms. The second kappa shape index (κ2) is 3.66. The first kappa shape index (κ1) is 8.38. The minimum atomic E-state index is -0.221. The molecule has 0 saturated heterocycles. The standard InChI is InChI=1S/C10H10FNO/c11-9-3-1-8(2-4-9)10-7-13-6-5-12-10/h1-4H,5-7H2. The molecule has 1 aliphatic rings. The van der Waals surface area contributed by atoms with Crippen LogP contribution in [0, 0.1) is 5.82 Å². The minimum absolute atomic E-state index is 0.221. The van der Waals surface area contributed by atoms with Gasteiger partial charge in [-0.25, -0.2) is 4.39 Å². The molecule has 0 bridgehead atoms. The summed E-state index contributed by atoms with van der Waals surface area (Å²) in [4.78, 5) is 4.30. The molecule has 0 N–H and O–H groups in total. The van der Waals surface area contributed by atoms with Crippen molar-refractivity contribution in [2.75, 3.05) is 19.8 Å². The fraction of sp³-hybridized carbons (Fsp3) is 0.300. The average Bonchev–Trinajstić information content (AvgIpc) is 2.20. The first-order valence-electron chi connectivity index (χ1n) is 4.23. The second-order valence-corrected chi connectivity index (χ2v) is 2.89. The van der Waals surface area contributed by atoms with Crippen LogP contribution in [-0.4, -0.2) is 25.5 Å². The van der Waals surface area contributed by atoms with Crippen LogP contribution in [0.15, 0.2) is 29.3 Å². The van der Waals surface area contributed by atoms with Gasteiger partial charge < -0.3 is 4.74 Å². The molecule has 0 aromatic heterocycles. The lowest BCUT2D eigenvalue weighted by atomic mass is 10.1. The minimum Gasteiger partial charge on any atom is -0.373 e. The Morgan fingerprint density at radius 1 is 1.23 bits per heavy atom. The van der Waals surface area contributed by atoms with Crippen LogP contribution in [0.2, 0.25) is 0 Å². The normalized spacial score (nSPS) is 16.8. The summed E-state index contributed by atoms with van der Waals surface area (Å²) in [5.74, 6) is -0.221. The third-order valence-corrected chi connectivity index (χ3v) is 1.95. The Bertz CT molecular complexity index is 318. The Morgan fingerprint density at radius 2 is 2.00 bits per heavy atom. The monoisotopic (exact) mass is 179 g/mol. The van der Waals surface area contributed by atoms with Crippen LogP contribution in [0.1, 0.15) is 5.56 Å². The van der Waals surface area contributed by atoms with E-state index >= 15 is 0 Å². The number of halogens is 1. The zero-order valence-corrected chi connectivity index (χ0v) is 7.16. The summed E-state index contributed by atoms with van der Waals surface area (Å²) in [6.07, 6.45) is 0. The molecule has 2 nitrogen and oxygen atoms in total. The molecule has 2 rings (SSSR count). The van der Waals surface area contributed by atoms with E-state index in [1.807, 2.05) is 0 Å². The van der Waals surface area contributed by atoms with E-state index in [9.17, 15) is 4.39 Å². The maximum Gasteiger partial charge on any atom is 0.123 e. The van der Waals surface area contributed by atoms with Crippen molar-refractivity contribution in [3.63, 3.8) is 0 Å². The molecule has 1 aromatic carbocycles. The number of rotatable bonds is 1. The van der Waals surface area contributed by atoms with Crippen LogP contribution in [0.25, 0.3) is 0 Å². The highest BCUT2D eigenvalue weighted by Crippen LogP contribution is 2.07. The van der Waals surface area contributed by atoms with Gasteiger partial charge in [0.2, 0.25) is 0 Å². The Balaban J connectivity index is 2.24. The van der Waals surface area contributed by atoms with Crippen molar-refractivity contribution in [2.24, 2.45) is 4.99 Å². The summed E-state index contributed by atoms with van der Waals surface area (Å²) in [5, 5.41) is 0. The lowest BCUT2D eigenvalue weighted by Crippen LogP contribution is -2.18. The molecule has 0 atom stereocenters. The Morgan fingerprint density at radius 3 is 2.62 bits per heavy atom. The highest BCUT2D eigenvalue weighted by molar-refractivity contribution is 6.01. The molecular formula is C10H10FNO. The van der Waals surface area contributed by atoms with E-state index in [2.05, 4.69) is 4.99 Å². The van der Waals surface area contributed by atoms with Crippen LogP contribution in [0.3, 0.4) is 0 Å². The van der Waals surface area contributed by atoms with Gasteiger partial charge in [-0.2, -0.15) is 0 Å². The van der Waals surface area contributed by atoms with Crippen molar-refractivity contribution >= 4 is 5.71 Å². The number of hydrogen-bond donors (Lipinski definition) is 0. The van der Waals surface area contributed by atoms with E-state index in [1.54, 1.807) is 12.1 Å². The second-order valence-electron chi connectivity index (χ2n) is 2.89. The maximum atomic E-state index is 12.6. The van der Waals surface area contributed by atoms with Gasteiger partial charge >= 0.3 is 0 Å². The smallest absolute Gasteiger partial charge is 0.123 e. The fourth-order valence-corrected chi connectivity index (χ4v) is 1.28. The van der Waals surface area contributed by atoms with Crippen molar-refractivity contribution in [1.82, 2.24) is 0 Å². The Labute approximate surface area is 76.1 Å². The number of ether oxygens (including phenoxy) is 1. The van der Waals surface area contributed by atoms with Crippen molar-refractivity contribution < 1.29 is 9.13 Å². The predicted octanol–water partition coefficient (Wildman–Crippen LogP) is 1.65. The van der Waals surface area contributed by atoms with Gasteiger partial charge in [0, 0.05) is 0 Å². The van der Waals surface area contributed by atoms with Gasteiger partial charge in [0.25, 0.3) is 0 Å². The van der Waals surface area contributed by atoms with Crippen LogP contribution >= 0.6 is 0 Å². The van der Waals surface area contributed by atoms with E-state index < -0.39 is 0 Å². The molecule has 0 spiro atoms. The van der Waals surface area contributed by atoms with Gasteiger partial charge in [-0.3, -0.25) is 4.99 Å². The van der Waals surface area contributed by atoms with E-state index in [0.717, 1.165) is 11.3 Å². The molecule has 0 amide bonds. The molecule has 0 unspecified atom stereocenters. The number of nitrogens with zero attached hydrogens (tertiary/aromatic N) is 1. The molecule has 1 aliphatic heterocycles. The van der Waals surface area contributed by atoms with Crippen molar-refractivity contribution in [1.29, 1.82) is 0 Å². The first-order chi connectivity index (χ1) is 6.36. The first-order valence-corrected chi connectivity index (χ1v) is 4.23. The summed E-state index contributed by atoms with van der Waals surface area (Å²) in [6.45, 7) is 1.92. The lowest BCUT2D eigenvalue weighted by Gasteiger charge is -2.12. The van der Waals surface area contributed by atoms with Gasteiger partial charge in [-0.05, 0) is 17.7 Å². The van der Waals surface area contributed by atoms with Gasteiger partial charge in [-0.15, -0.1) is 0 Å². The molecule has 0 radical (unpaired) electrons. The highest BCUT2D eigenvalue weighted by Gasteiger charge is 2.07. The summed E-state index contributed by atoms with van der Waals surface area (Å²) < 4.78 is 17.8. The third kappa shape index (κ3) is 1.92. The molecule has 1 heterocycles. The maximum absolute atomic E-state index is 12.6. The van der Waals surface area contributed by atoms with Crippen LogP contribution in [0.4, 0.5) is 4.39 Å². The number of aliphatic imine (C=N–C) groups is 1. The quantitative estimate of drug-likeness (QED) is 0.642. The van der Waals surface area contributed by atoms with Crippen LogP contribution in [0.5, 0.6) is 0 Å². The summed E-state index contributed by atoms with van der Waals surface area (Å²) in [7, 11) is 0. The fourth-order valence-electron chi connectivity index (χ4n) is 1.28. The van der Waals surface area contributed by atoms with Crippen molar-refractivity contribution in [2.45, 2.75) is 0 Å². The largest absolute Gasteiger partial charge is 0.373 e. The molecule has 0 aliphatic carbocycles.